The first kappa shape index (κ1) is 30.6. The molecule has 0 atom stereocenters. The second-order valence-corrected chi connectivity index (χ2v) is 13.2. The molecule has 10 heteroatoms. The number of carbonyl (C=O) groups is 3. The molecule has 2 saturated heterocycles. The van der Waals surface area contributed by atoms with Gasteiger partial charge < -0.3 is 20.1 Å². The molecule has 1 aromatic carbocycles. The third-order valence-electron chi connectivity index (χ3n) is 7.39. The van der Waals surface area contributed by atoms with Gasteiger partial charge in [-0.2, -0.15) is 5.10 Å². The first-order valence-electron chi connectivity index (χ1n) is 14.6. The predicted molar refractivity (Wildman–Crippen MR) is 158 cm³/mol. The van der Waals surface area contributed by atoms with Gasteiger partial charge in [0, 0.05) is 31.6 Å². The molecule has 2 aliphatic heterocycles. The second kappa shape index (κ2) is 12.2. The van der Waals surface area contributed by atoms with E-state index < -0.39 is 17.1 Å². The predicted octanol–water partition coefficient (Wildman–Crippen LogP) is 4.77. The number of aromatic nitrogens is 2. The summed E-state index contributed by atoms with van der Waals surface area (Å²) < 4.78 is 12.9. The molecule has 2 amide bonds. The van der Waals surface area contributed by atoms with Crippen molar-refractivity contribution in [2.75, 3.05) is 32.7 Å². The number of nitrogens with zero attached hydrogens (tertiary/aromatic N) is 4. The van der Waals surface area contributed by atoms with Crippen LogP contribution in [-0.2, 0) is 14.3 Å². The molecule has 4 rings (SSSR count). The van der Waals surface area contributed by atoms with E-state index in [1.54, 1.807) is 4.90 Å². The normalized spacial score (nSPS) is 18.2. The fraction of sp³-hybridized carbons (Fsp3) is 0.613. The number of carbonyl (C=O) groups excluding carboxylic acids is 3. The van der Waals surface area contributed by atoms with E-state index in [0.29, 0.717) is 19.0 Å². The zero-order valence-corrected chi connectivity index (χ0v) is 25.3. The molecule has 41 heavy (non-hydrogen) atoms. The Hall–Kier alpha value is -3.40. The fourth-order valence-corrected chi connectivity index (χ4v) is 5.45. The number of hydrogen-bond donors (Lipinski definition) is 1. The maximum atomic E-state index is 12.4. The van der Waals surface area contributed by atoms with Crippen molar-refractivity contribution in [3.63, 3.8) is 0 Å². The van der Waals surface area contributed by atoms with Gasteiger partial charge in [-0.05, 0) is 90.8 Å². The summed E-state index contributed by atoms with van der Waals surface area (Å²) in [5, 5.41) is 5.39. The number of piperidine rings is 2. The molecule has 10 nitrogen and oxygen atoms in total. The molecule has 0 radical (unpaired) electrons. The largest absolute Gasteiger partial charge is 0.459 e. The second-order valence-electron chi connectivity index (χ2n) is 13.2. The maximum Gasteiger partial charge on any atom is 0.410 e. The van der Waals surface area contributed by atoms with E-state index in [-0.39, 0.29) is 30.3 Å². The summed E-state index contributed by atoms with van der Waals surface area (Å²) >= 11 is 0. The van der Waals surface area contributed by atoms with Gasteiger partial charge in [0.1, 0.15) is 11.2 Å². The van der Waals surface area contributed by atoms with Gasteiger partial charge in [0.05, 0.1) is 18.1 Å². The van der Waals surface area contributed by atoms with Gasteiger partial charge in [0.25, 0.3) is 5.91 Å². The van der Waals surface area contributed by atoms with Gasteiger partial charge >= 0.3 is 12.1 Å². The van der Waals surface area contributed by atoms with E-state index in [1.807, 2.05) is 64.4 Å². The highest BCUT2D eigenvalue weighted by Gasteiger charge is 2.28. The zero-order chi connectivity index (χ0) is 29.9. The van der Waals surface area contributed by atoms with Gasteiger partial charge in [-0.1, -0.05) is 18.2 Å². The Balaban J connectivity index is 1.39. The SMILES string of the molecule is CC(C)(C)OC(=O)CN1CCC(n2nc(C(N)=O)c3cc(/C=C/C4CCN(C(=O)OC(C)(C)C)CC4)ccc32)CC1. The summed E-state index contributed by atoms with van der Waals surface area (Å²) in [4.78, 5) is 40.8. The van der Waals surface area contributed by atoms with E-state index in [1.165, 1.54) is 0 Å². The quantitative estimate of drug-likeness (QED) is 0.499. The number of esters is 1. The first-order valence-corrected chi connectivity index (χ1v) is 14.6. The van der Waals surface area contributed by atoms with Crippen molar-refractivity contribution in [3.8, 4) is 0 Å². The van der Waals surface area contributed by atoms with E-state index in [0.717, 1.165) is 55.2 Å². The lowest BCUT2D eigenvalue weighted by Gasteiger charge is -2.32. The van der Waals surface area contributed by atoms with Crippen LogP contribution in [0, 0.1) is 5.92 Å². The van der Waals surface area contributed by atoms with Crippen LogP contribution < -0.4 is 5.73 Å². The molecule has 2 N–H and O–H groups in total. The third-order valence-corrected chi connectivity index (χ3v) is 7.39. The van der Waals surface area contributed by atoms with Crippen molar-refractivity contribution in [1.82, 2.24) is 19.6 Å². The number of allylic oxidation sites excluding steroid dienone is 1. The highest BCUT2D eigenvalue weighted by Crippen LogP contribution is 2.30. The van der Waals surface area contributed by atoms with Gasteiger partial charge in [0.2, 0.25) is 0 Å². The van der Waals surface area contributed by atoms with Crippen LogP contribution >= 0.6 is 0 Å². The minimum atomic E-state index is -0.549. The molecule has 1 aromatic heterocycles. The minimum absolute atomic E-state index is 0.108. The van der Waals surface area contributed by atoms with Gasteiger partial charge in [-0.3, -0.25) is 19.2 Å². The number of nitrogens with two attached hydrogens (primary N) is 1. The number of benzene rings is 1. The smallest absolute Gasteiger partial charge is 0.410 e. The number of ether oxygens (including phenoxy) is 2. The highest BCUT2D eigenvalue weighted by atomic mass is 16.6. The Kier molecular flexibility index (Phi) is 9.11. The van der Waals surface area contributed by atoms with Gasteiger partial charge in [-0.15, -0.1) is 0 Å². The van der Waals surface area contributed by atoms with E-state index in [2.05, 4.69) is 22.2 Å². The number of fused-ring (bicyclic) bond motifs is 1. The summed E-state index contributed by atoms with van der Waals surface area (Å²) in [5.74, 6) is -0.411. The summed E-state index contributed by atoms with van der Waals surface area (Å²) in [5.41, 5.74) is 6.87. The molecular weight excluding hydrogens is 522 g/mol. The molecule has 2 fully saturated rings. The number of primary amides is 1. The van der Waals surface area contributed by atoms with Crippen molar-refractivity contribution < 1.29 is 23.9 Å². The van der Waals surface area contributed by atoms with Crippen LogP contribution in [0.25, 0.3) is 17.0 Å². The van der Waals surface area contributed by atoms with Crippen LogP contribution in [0.3, 0.4) is 0 Å². The average Bonchev–Trinajstić information content (AvgIpc) is 3.25. The van der Waals surface area contributed by atoms with E-state index >= 15 is 0 Å². The standard InChI is InChI=1S/C31H45N5O5/c1-30(2,3)40-26(37)20-34-15-13-23(14-16-34)36-25-10-9-22(19-24(25)27(33-36)28(32)38)8-7-21-11-17-35(18-12-21)29(39)41-31(4,5)6/h7-10,19,21,23H,11-18,20H2,1-6H3,(H2,32,38)/b8-7+. The fourth-order valence-electron chi connectivity index (χ4n) is 5.45. The number of hydrogen-bond acceptors (Lipinski definition) is 7. The molecular formula is C31H45N5O5. The third kappa shape index (κ3) is 8.31. The van der Waals surface area contributed by atoms with Gasteiger partial charge in [-0.25, -0.2) is 4.79 Å². The number of rotatable bonds is 6. The van der Waals surface area contributed by atoms with Crippen molar-refractivity contribution in [2.45, 2.75) is 84.5 Å². The molecule has 0 aliphatic carbocycles. The van der Waals surface area contributed by atoms with Gasteiger partial charge in [0.15, 0.2) is 5.69 Å². The lowest BCUT2D eigenvalue weighted by molar-refractivity contribution is -0.156. The monoisotopic (exact) mass is 567 g/mol. The molecule has 224 valence electrons. The molecule has 0 unspecified atom stereocenters. The highest BCUT2D eigenvalue weighted by molar-refractivity contribution is 6.04. The van der Waals surface area contributed by atoms with E-state index in [9.17, 15) is 14.4 Å². The molecule has 0 saturated carbocycles. The molecule has 3 heterocycles. The average molecular weight is 568 g/mol. The molecule has 0 spiro atoms. The number of amides is 2. The van der Waals surface area contributed by atoms with E-state index in [4.69, 9.17) is 15.2 Å². The van der Waals surface area contributed by atoms with Crippen molar-refractivity contribution in [2.24, 2.45) is 11.7 Å². The van der Waals surface area contributed by atoms with Crippen LogP contribution in [0.2, 0.25) is 0 Å². The lowest BCUT2D eigenvalue weighted by atomic mass is 9.95. The van der Waals surface area contributed by atoms with Crippen LogP contribution in [-0.4, -0.2) is 81.5 Å². The topological polar surface area (TPSA) is 120 Å². The zero-order valence-electron chi connectivity index (χ0n) is 25.3. The van der Waals surface area contributed by atoms with Crippen molar-refractivity contribution in [3.05, 3.63) is 35.5 Å². The Morgan fingerprint density at radius 3 is 2.17 bits per heavy atom. The van der Waals surface area contributed by atoms with Crippen molar-refractivity contribution in [1.29, 1.82) is 0 Å². The Labute approximate surface area is 242 Å². The lowest BCUT2D eigenvalue weighted by Crippen LogP contribution is -2.41. The minimum Gasteiger partial charge on any atom is -0.459 e. The summed E-state index contributed by atoms with van der Waals surface area (Å²) in [7, 11) is 0. The summed E-state index contributed by atoms with van der Waals surface area (Å²) in [6.07, 6.45) is 7.36. The van der Waals surface area contributed by atoms with Crippen LogP contribution in [0.4, 0.5) is 4.79 Å². The Morgan fingerprint density at radius 1 is 0.951 bits per heavy atom. The van der Waals surface area contributed by atoms with Crippen LogP contribution in [0.5, 0.6) is 0 Å². The summed E-state index contributed by atoms with van der Waals surface area (Å²) in [6.45, 7) is 14.3. The first-order chi connectivity index (χ1) is 19.2. The van der Waals surface area contributed by atoms with Crippen LogP contribution in [0.1, 0.15) is 89.3 Å². The molecule has 2 aromatic rings. The number of likely N-dealkylation sites (tertiary alicyclic amines) is 2. The Bertz CT molecular complexity index is 1290. The van der Waals surface area contributed by atoms with Crippen molar-refractivity contribution >= 4 is 34.9 Å². The molecule has 0 bridgehead atoms. The maximum absolute atomic E-state index is 12.4. The Morgan fingerprint density at radius 2 is 1.59 bits per heavy atom. The summed E-state index contributed by atoms with van der Waals surface area (Å²) in [6, 6.07) is 6.13. The van der Waals surface area contributed by atoms with Crippen LogP contribution in [0.15, 0.2) is 24.3 Å². The molecule has 2 aliphatic rings.